The molecule has 0 unspecified atom stereocenters. The third kappa shape index (κ3) is 4.41. The van der Waals surface area contributed by atoms with E-state index in [1.54, 1.807) is 30.3 Å². The number of benzene rings is 2. The lowest BCUT2D eigenvalue weighted by Gasteiger charge is -2.12. The Labute approximate surface area is 191 Å². The molecule has 2 heterocycles. The lowest BCUT2D eigenvalue weighted by molar-refractivity contribution is -0.123. The van der Waals surface area contributed by atoms with Crippen molar-refractivity contribution in [3.63, 3.8) is 0 Å². The van der Waals surface area contributed by atoms with Gasteiger partial charge in [-0.15, -0.1) is 0 Å². The standard InChI is InChI=1S/C23H16INO4S/c1-14(26)16-4-6-17(7-5-16)20-11-10-19(29-20)12-21-22(27)25(23(28)30-21)13-15-2-8-18(24)9-3-15/h2-12H,13H2,1H3/b21-12-. The predicted molar refractivity (Wildman–Crippen MR) is 125 cm³/mol. The van der Waals surface area contributed by atoms with Gasteiger partial charge in [-0.05, 0) is 71.1 Å². The van der Waals surface area contributed by atoms with E-state index < -0.39 is 0 Å². The highest BCUT2D eigenvalue weighted by Crippen LogP contribution is 2.34. The van der Waals surface area contributed by atoms with Crippen LogP contribution in [0, 0.1) is 3.57 Å². The maximum absolute atomic E-state index is 12.7. The van der Waals surface area contributed by atoms with Crippen LogP contribution < -0.4 is 0 Å². The maximum Gasteiger partial charge on any atom is 0.293 e. The molecule has 0 radical (unpaired) electrons. The lowest BCUT2D eigenvalue weighted by atomic mass is 10.1. The van der Waals surface area contributed by atoms with Crippen LogP contribution in [0.25, 0.3) is 17.4 Å². The van der Waals surface area contributed by atoms with Crippen molar-refractivity contribution < 1.29 is 18.8 Å². The molecule has 1 fully saturated rings. The lowest BCUT2D eigenvalue weighted by Crippen LogP contribution is -2.27. The van der Waals surface area contributed by atoms with E-state index in [0.29, 0.717) is 22.0 Å². The van der Waals surface area contributed by atoms with Crippen LogP contribution in [0.2, 0.25) is 0 Å². The number of thioether (sulfide) groups is 1. The van der Waals surface area contributed by atoms with Gasteiger partial charge in [-0.1, -0.05) is 36.4 Å². The molecule has 0 saturated carbocycles. The van der Waals surface area contributed by atoms with Gasteiger partial charge in [-0.25, -0.2) is 0 Å². The van der Waals surface area contributed by atoms with Crippen molar-refractivity contribution in [3.05, 3.63) is 86.0 Å². The van der Waals surface area contributed by atoms with Gasteiger partial charge in [0.1, 0.15) is 11.5 Å². The molecule has 2 aromatic carbocycles. The summed E-state index contributed by atoms with van der Waals surface area (Å²) in [7, 11) is 0. The summed E-state index contributed by atoms with van der Waals surface area (Å²) in [5.41, 5.74) is 2.35. The summed E-state index contributed by atoms with van der Waals surface area (Å²) in [5, 5.41) is -0.295. The highest BCUT2D eigenvalue weighted by atomic mass is 127. The van der Waals surface area contributed by atoms with E-state index in [4.69, 9.17) is 4.42 Å². The summed E-state index contributed by atoms with van der Waals surface area (Å²) in [6, 6.07) is 18.4. The second kappa shape index (κ2) is 8.61. The zero-order valence-corrected chi connectivity index (χ0v) is 18.9. The fraction of sp³-hybridized carbons (Fsp3) is 0.0870. The number of carbonyl (C=O) groups excluding carboxylic acids is 3. The average Bonchev–Trinajstić information content (AvgIpc) is 3.30. The van der Waals surface area contributed by atoms with Gasteiger partial charge in [0, 0.05) is 20.8 Å². The molecule has 150 valence electrons. The van der Waals surface area contributed by atoms with Crippen LogP contribution in [0.4, 0.5) is 4.79 Å². The average molecular weight is 529 g/mol. The molecule has 0 N–H and O–H groups in total. The van der Waals surface area contributed by atoms with E-state index in [0.717, 1.165) is 26.5 Å². The highest BCUT2D eigenvalue weighted by molar-refractivity contribution is 14.1. The molecular weight excluding hydrogens is 513 g/mol. The van der Waals surface area contributed by atoms with E-state index in [2.05, 4.69) is 22.6 Å². The van der Waals surface area contributed by atoms with Crippen molar-refractivity contribution in [2.24, 2.45) is 0 Å². The van der Waals surface area contributed by atoms with Gasteiger partial charge in [-0.3, -0.25) is 19.3 Å². The Morgan fingerprint density at radius 1 is 1.03 bits per heavy atom. The smallest absolute Gasteiger partial charge is 0.293 e. The first kappa shape index (κ1) is 20.6. The first-order chi connectivity index (χ1) is 14.4. The first-order valence-corrected chi connectivity index (χ1v) is 11.0. The van der Waals surface area contributed by atoms with E-state index >= 15 is 0 Å². The fourth-order valence-corrected chi connectivity index (χ4v) is 4.17. The first-order valence-electron chi connectivity index (χ1n) is 9.12. The molecule has 4 rings (SSSR count). The predicted octanol–water partition coefficient (Wildman–Crippen LogP) is 5.99. The number of rotatable bonds is 5. The van der Waals surface area contributed by atoms with Gasteiger partial charge in [0.25, 0.3) is 11.1 Å². The van der Waals surface area contributed by atoms with Crippen LogP contribution in [-0.4, -0.2) is 21.8 Å². The van der Waals surface area contributed by atoms with Gasteiger partial charge in [0.15, 0.2) is 5.78 Å². The molecule has 0 aliphatic carbocycles. The fourth-order valence-electron chi connectivity index (χ4n) is 2.99. The molecule has 1 aliphatic heterocycles. The zero-order chi connectivity index (χ0) is 21.3. The molecule has 1 aromatic heterocycles. The largest absolute Gasteiger partial charge is 0.457 e. The monoisotopic (exact) mass is 529 g/mol. The third-order valence-electron chi connectivity index (χ3n) is 4.60. The number of imide groups is 1. The Morgan fingerprint density at radius 3 is 2.40 bits per heavy atom. The maximum atomic E-state index is 12.7. The van der Waals surface area contributed by atoms with Crippen molar-refractivity contribution in [3.8, 4) is 11.3 Å². The van der Waals surface area contributed by atoms with Gasteiger partial charge in [0.05, 0.1) is 11.4 Å². The quantitative estimate of drug-likeness (QED) is 0.231. The molecule has 3 aromatic rings. The zero-order valence-electron chi connectivity index (χ0n) is 15.9. The number of Topliss-reactive ketones (excluding diaryl/α,β-unsaturated/α-hetero) is 1. The number of amides is 2. The number of hydrogen-bond donors (Lipinski definition) is 0. The Hall–Kier alpha value is -2.65. The topological polar surface area (TPSA) is 67.6 Å². The molecule has 1 saturated heterocycles. The molecule has 2 amide bonds. The second-order valence-corrected chi connectivity index (χ2v) is 8.97. The van der Waals surface area contributed by atoms with Crippen molar-refractivity contribution in [1.82, 2.24) is 4.90 Å². The number of furan rings is 1. The van der Waals surface area contributed by atoms with Gasteiger partial charge in [-0.2, -0.15) is 0 Å². The Balaban J connectivity index is 1.51. The number of nitrogens with zero attached hydrogens (tertiary/aromatic N) is 1. The number of halogens is 1. The normalized spacial score (nSPS) is 15.3. The van der Waals surface area contributed by atoms with Crippen LogP contribution in [0.15, 0.2) is 70.0 Å². The molecule has 7 heteroatoms. The Bertz CT molecular complexity index is 1160. The van der Waals surface area contributed by atoms with E-state index in [1.807, 2.05) is 36.4 Å². The van der Waals surface area contributed by atoms with Crippen LogP contribution >= 0.6 is 34.4 Å². The minimum atomic E-state index is -0.327. The number of ketones is 1. The molecule has 1 aliphatic rings. The third-order valence-corrected chi connectivity index (χ3v) is 6.23. The molecule has 0 bridgehead atoms. The van der Waals surface area contributed by atoms with Gasteiger partial charge in [0.2, 0.25) is 0 Å². The SMILES string of the molecule is CC(=O)c1ccc(-c2ccc(/C=C3\SC(=O)N(Cc4ccc(I)cc4)C3=O)o2)cc1. The summed E-state index contributed by atoms with van der Waals surface area (Å²) < 4.78 is 6.92. The van der Waals surface area contributed by atoms with E-state index in [-0.39, 0.29) is 23.5 Å². The van der Waals surface area contributed by atoms with Crippen molar-refractivity contribution in [1.29, 1.82) is 0 Å². The van der Waals surface area contributed by atoms with Crippen LogP contribution in [0.1, 0.15) is 28.6 Å². The van der Waals surface area contributed by atoms with Crippen molar-refractivity contribution in [2.45, 2.75) is 13.5 Å². The molecular formula is C23H16INO4S. The summed E-state index contributed by atoms with van der Waals surface area (Å²) >= 11 is 3.12. The van der Waals surface area contributed by atoms with Gasteiger partial charge < -0.3 is 4.42 Å². The van der Waals surface area contributed by atoms with Crippen LogP contribution in [-0.2, 0) is 11.3 Å². The molecule has 5 nitrogen and oxygen atoms in total. The minimum Gasteiger partial charge on any atom is -0.457 e. The number of hydrogen-bond acceptors (Lipinski definition) is 5. The van der Waals surface area contributed by atoms with Crippen molar-refractivity contribution in [2.75, 3.05) is 0 Å². The second-order valence-electron chi connectivity index (χ2n) is 6.73. The van der Waals surface area contributed by atoms with E-state index in [9.17, 15) is 14.4 Å². The Kier molecular flexibility index (Phi) is 5.92. The van der Waals surface area contributed by atoms with E-state index in [1.165, 1.54) is 11.8 Å². The summed E-state index contributed by atoms with van der Waals surface area (Å²) in [4.78, 5) is 38.0. The molecule has 0 atom stereocenters. The number of carbonyl (C=O) groups is 3. The van der Waals surface area contributed by atoms with Gasteiger partial charge >= 0.3 is 0 Å². The van der Waals surface area contributed by atoms with Crippen LogP contribution in [0.5, 0.6) is 0 Å². The summed E-state index contributed by atoms with van der Waals surface area (Å²) in [5.74, 6) is 0.782. The Morgan fingerprint density at radius 2 is 1.73 bits per heavy atom. The molecule has 30 heavy (non-hydrogen) atoms. The molecule has 0 spiro atoms. The summed E-state index contributed by atoms with van der Waals surface area (Å²) in [6.45, 7) is 1.76. The minimum absolute atomic E-state index is 0.00245. The van der Waals surface area contributed by atoms with Crippen LogP contribution in [0.3, 0.4) is 0 Å². The van der Waals surface area contributed by atoms with Crippen molar-refractivity contribution >= 4 is 57.4 Å². The summed E-state index contributed by atoms with van der Waals surface area (Å²) in [6.07, 6.45) is 1.59. The highest BCUT2D eigenvalue weighted by Gasteiger charge is 2.35.